The van der Waals surface area contributed by atoms with Crippen molar-refractivity contribution in [2.45, 2.75) is 30.3 Å². The summed E-state index contributed by atoms with van der Waals surface area (Å²) in [5.74, 6) is -0.481. The van der Waals surface area contributed by atoms with Gasteiger partial charge >= 0.3 is 0 Å². The fourth-order valence-corrected chi connectivity index (χ4v) is 2.71. The lowest BCUT2D eigenvalue weighted by molar-refractivity contribution is -0.124. The molecule has 1 atom stereocenters. The Kier molecular flexibility index (Phi) is 8.98. The number of hydrogen-bond donors (Lipinski definition) is 3. The number of ether oxygens (including phenoxy) is 1. The highest BCUT2D eigenvalue weighted by atomic mass is 35.6. The molecule has 0 bridgehead atoms. The summed E-state index contributed by atoms with van der Waals surface area (Å²) in [6.45, 7) is 3.80. The van der Waals surface area contributed by atoms with Gasteiger partial charge in [-0.2, -0.15) is 5.10 Å². The van der Waals surface area contributed by atoms with E-state index in [0.29, 0.717) is 11.3 Å². The third-order valence-electron chi connectivity index (χ3n) is 3.85. The molecule has 0 unspecified atom stereocenters. The summed E-state index contributed by atoms with van der Waals surface area (Å²) in [7, 11) is 0. The van der Waals surface area contributed by atoms with E-state index < -0.39 is 15.9 Å². The number of hydrazone groups is 1. The van der Waals surface area contributed by atoms with Crippen molar-refractivity contribution in [3.05, 3.63) is 59.7 Å². The molecule has 0 saturated heterocycles. The van der Waals surface area contributed by atoms with Crippen LogP contribution in [0.5, 0.6) is 11.5 Å². The molecule has 166 valence electrons. The van der Waals surface area contributed by atoms with Crippen LogP contribution in [0.4, 0.5) is 0 Å². The molecule has 0 radical (unpaired) electrons. The minimum Gasteiger partial charge on any atom is -0.507 e. The van der Waals surface area contributed by atoms with Gasteiger partial charge in [-0.25, -0.2) is 5.43 Å². The Bertz CT molecular complexity index is 928. The number of para-hydroxylation sites is 1. The van der Waals surface area contributed by atoms with Gasteiger partial charge in [0.2, 0.25) is 15.9 Å². The van der Waals surface area contributed by atoms with Crippen LogP contribution in [0.3, 0.4) is 0 Å². The summed E-state index contributed by atoms with van der Waals surface area (Å²) >= 11 is 17.8. The molecule has 0 spiro atoms. The fraction of sp³-hybridized carbons (Fsp3) is 0.286. The fourth-order valence-electron chi connectivity index (χ4n) is 2.41. The second kappa shape index (κ2) is 11.2. The molecule has 31 heavy (non-hydrogen) atoms. The minimum absolute atomic E-state index is 0.112. The normalized spacial score (nSPS) is 12.6. The number of phenols is 1. The Hall–Kier alpha value is -2.48. The van der Waals surface area contributed by atoms with Crippen LogP contribution in [-0.2, 0) is 4.79 Å². The largest absolute Gasteiger partial charge is 0.507 e. The maximum Gasteiger partial charge on any atom is 0.275 e. The van der Waals surface area contributed by atoms with Crippen molar-refractivity contribution in [3.8, 4) is 11.5 Å². The predicted octanol–water partition coefficient (Wildman–Crippen LogP) is 4.39. The first kappa shape index (κ1) is 24.8. The van der Waals surface area contributed by atoms with Crippen molar-refractivity contribution < 1.29 is 19.4 Å². The number of nitrogens with zero attached hydrogens (tertiary/aromatic N) is 1. The number of halogens is 3. The van der Waals surface area contributed by atoms with Gasteiger partial charge in [0, 0.05) is 6.42 Å². The topological polar surface area (TPSA) is 100 Å². The molecule has 0 heterocycles. The van der Waals surface area contributed by atoms with Gasteiger partial charge in [0.05, 0.1) is 11.8 Å². The molecule has 0 aromatic heterocycles. The minimum atomic E-state index is -1.87. The van der Waals surface area contributed by atoms with Crippen molar-refractivity contribution in [1.29, 1.82) is 0 Å². The zero-order valence-electron chi connectivity index (χ0n) is 16.8. The van der Waals surface area contributed by atoms with E-state index in [1.54, 1.807) is 36.4 Å². The molecule has 10 heteroatoms. The van der Waals surface area contributed by atoms with Crippen LogP contribution in [0.1, 0.15) is 36.2 Å². The Morgan fingerprint density at radius 1 is 1.13 bits per heavy atom. The molecule has 2 amide bonds. The second-order valence-corrected chi connectivity index (χ2v) is 9.36. The molecule has 2 aromatic carbocycles. The van der Waals surface area contributed by atoms with Crippen LogP contribution in [0.25, 0.3) is 0 Å². The molecule has 0 aliphatic heterocycles. The van der Waals surface area contributed by atoms with Gasteiger partial charge in [0.15, 0.2) is 0 Å². The van der Waals surface area contributed by atoms with Crippen molar-refractivity contribution in [3.63, 3.8) is 0 Å². The third-order valence-corrected chi connectivity index (χ3v) is 4.44. The smallest absolute Gasteiger partial charge is 0.275 e. The van der Waals surface area contributed by atoms with Crippen LogP contribution in [-0.4, -0.2) is 33.2 Å². The van der Waals surface area contributed by atoms with Crippen LogP contribution in [0.2, 0.25) is 0 Å². The number of aromatic hydroxyl groups is 1. The predicted molar refractivity (Wildman–Crippen MR) is 122 cm³/mol. The van der Waals surface area contributed by atoms with Crippen molar-refractivity contribution in [2.24, 2.45) is 11.0 Å². The van der Waals surface area contributed by atoms with E-state index in [2.05, 4.69) is 15.8 Å². The molecule has 2 rings (SSSR count). The molecule has 3 N–H and O–H groups in total. The van der Waals surface area contributed by atoms with E-state index in [4.69, 9.17) is 39.5 Å². The highest BCUT2D eigenvalue weighted by molar-refractivity contribution is 6.68. The number of alkyl halides is 3. The average molecular weight is 487 g/mol. The summed E-state index contributed by atoms with van der Waals surface area (Å²) in [6.07, 6.45) is 0.502. The van der Waals surface area contributed by atoms with E-state index in [1.165, 1.54) is 18.3 Å². The van der Waals surface area contributed by atoms with Crippen molar-refractivity contribution in [1.82, 2.24) is 10.7 Å². The van der Waals surface area contributed by atoms with Crippen LogP contribution >= 0.6 is 34.8 Å². The first-order valence-electron chi connectivity index (χ1n) is 9.30. The van der Waals surface area contributed by atoms with Gasteiger partial charge in [-0.15, -0.1) is 0 Å². The van der Waals surface area contributed by atoms with Crippen LogP contribution in [0, 0.1) is 5.92 Å². The molecule has 0 aliphatic carbocycles. The molecule has 2 aromatic rings. The van der Waals surface area contributed by atoms with Gasteiger partial charge < -0.3 is 15.2 Å². The van der Waals surface area contributed by atoms with Gasteiger partial charge in [0.1, 0.15) is 11.5 Å². The lowest BCUT2D eigenvalue weighted by atomic mass is 10.1. The number of benzene rings is 2. The first-order valence-corrected chi connectivity index (χ1v) is 10.4. The van der Waals surface area contributed by atoms with Gasteiger partial charge in [0.25, 0.3) is 5.91 Å². The Morgan fingerprint density at radius 2 is 1.77 bits per heavy atom. The molecule has 0 fully saturated rings. The lowest BCUT2D eigenvalue weighted by Crippen LogP contribution is -2.48. The summed E-state index contributed by atoms with van der Waals surface area (Å²) in [5, 5.41) is 16.1. The van der Waals surface area contributed by atoms with Crippen molar-refractivity contribution in [2.75, 3.05) is 0 Å². The molecular formula is C21H22Cl3N3O4. The Balaban J connectivity index is 1.98. The quantitative estimate of drug-likeness (QED) is 0.223. The Labute approximate surface area is 195 Å². The third kappa shape index (κ3) is 8.28. The Morgan fingerprint density at radius 3 is 2.35 bits per heavy atom. The zero-order chi connectivity index (χ0) is 23.0. The summed E-state index contributed by atoms with van der Waals surface area (Å²) in [5.41, 5.74) is 3.10. The van der Waals surface area contributed by atoms with Gasteiger partial charge in [-0.05, 0) is 47.9 Å². The zero-order valence-corrected chi connectivity index (χ0v) is 19.1. The maximum absolute atomic E-state index is 12.0. The standard InChI is InChI=1S/C21H22Cl3N3O4/c1-13(2)11-18(29)26-20(21(22,23)24)31-15-9-7-14(8-10-15)12-25-27-19(30)16-5-3-4-6-17(16)28/h3-10,12-13,20,28H,11H2,1-2H3,(H,26,29)(H,27,30)/b25-12-/t20-/m1/s1. The van der Waals surface area contributed by atoms with Gasteiger partial charge in [-0.1, -0.05) is 60.8 Å². The van der Waals surface area contributed by atoms with Crippen molar-refractivity contribution >= 4 is 52.8 Å². The summed E-state index contributed by atoms with van der Waals surface area (Å²) in [4.78, 5) is 24.0. The van der Waals surface area contributed by atoms with Crippen LogP contribution in [0.15, 0.2) is 53.6 Å². The number of carbonyl (C=O) groups is 2. The first-order chi connectivity index (χ1) is 14.6. The number of amides is 2. The molecular weight excluding hydrogens is 465 g/mol. The van der Waals surface area contributed by atoms with E-state index >= 15 is 0 Å². The number of hydrogen-bond acceptors (Lipinski definition) is 5. The SMILES string of the molecule is CC(C)CC(=O)N[C@H](Oc1ccc(/C=N\NC(=O)c2ccccc2O)cc1)C(Cl)(Cl)Cl. The second-order valence-electron chi connectivity index (χ2n) is 6.99. The summed E-state index contributed by atoms with van der Waals surface area (Å²) in [6, 6.07) is 12.7. The maximum atomic E-state index is 12.0. The summed E-state index contributed by atoms with van der Waals surface area (Å²) < 4.78 is 3.76. The molecule has 7 nitrogen and oxygen atoms in total. The van der Waals surface area contributed by atoms with Crippen LogP contribution < -0.4 is 15.5 Å². The number of carbonyl (C=O) groups excluding carboxylic acids is 2. The lowest BCUT2D eigenvalue weighted by Gasteiger charge is -2.26. The number of rotatable bonds is 8. The number of phenolic OH excluding ortho intramolecular Hbond substituents is 1. The van der Waals surface area contributed by atoms with E-state index in [0.717, 1.165) is 0 Å². The number of nitrogens with one attached hydrogen (secondary N) is 2. The monoisotopic (exact) mass is 485 g/mol. The highest BCUT2D eigenvalue weighted by Crippen LogP contribution is 2.32. The van der Waals surface area contributed by atoms with E-state index in [1.807, 2.05) is 13.8 Å². The molecule has 0 saturated carbocycles. The molecule has 0 aliphatic rings. The van der Waals surface area contributed by atoms with E-state index in [-0.39, 0.29) is 29.6 Å². The van der Waals surface area contributed by atoms with Gasteiger partial charge in [-0.3, -0.25) is 9.59 Å². The highest BCUT2D eigenvalue weighted by Gasteiger charge is 2.36. The average Bonchev–Trinajstić information content (AvgIpc) is 2.67. The van der Waals surface area contributed by atoms with E-state index in [9.17, 15) is 14.7 Å².